The summed E-state index contributed by atoms with van der Waals surface area (Å²) in [6.07, 6.45) is 0. The number of aryl methyl sites for hydroxylation is 1. The summed E-state index contributed by atoms with van der Waals surface area (Å²) in [4.78, 5) is 23.9. The Labute approximate surface area is 171 Å². The van der Waals surface area contributed by atoms with Gasteiger partial charge in [0.05, 0.1) is 31.6 Å². The third-order valence-corrected chi connectivity index (χ3v) is 6.10. The van der Waals surface area contributed by atoms with Gasteiger partial charge in [-0.05, 0) is 34.6 Å². The van der Waals surface area contributed by atoms with E-state index in [0.29, 0.717) is 23.1 Å². The van der Waals surface area contributed by atoms with Crippen molar-refractivity contribution < 1.29 is 14.3 Å². The van der Waals surface area contributed by atoms with Gasteiger partial charge in [0.1, 0.15) is 9.88 Å². The van der Waals surface area contributed by atoms with Crippen molar-refractivity contribution >= 4 is 23.3 Å². The maximum absolute atomic E-state index is 12.0. The fourth-order valence-corrected chi connectivity index (χ4v) is 3.99. The van der Waals surface area contributed by atoms with Gasteiger partial charge in [-0.1, -0.05) is 0 Å². The molecule has 0 saturated carbocycles. The molecular formula is C19H33N5O3S. The van der Waals surface area contributed by atoms with E-state index in [1.165, 1.54) is 11.3 Å². The maximum atomic E-state index is 12.0. The van der Waals surface area contributed by atoms with E-state index >= 15 is 0 Å². The number of ether oxygens (including phenoxy) is 2. The van der Waals surface area contributed by atoms with Gasteiger partial charge in [0.25, 0.3) is 0 Å². The number of nitrogens with zero attached hydrogens (tertiary/aromatic N) is 3. The molecule has 1 aromatic heterocycles. The predicted molar refractivity (Wildman–Crippen MR) is 112 cm³/mol. The molecule has 158 valence electrons. The SMILES string of the molecule is CCOC(=O)c1sc(C(C)NC(=NC)NCC(C)(C)N2CCOCC2)nc1C. The molecule has 1 unspecified atom stereocenters. The second kappa shape index (κ2) is 10.2. The van der Waals surface area contributed by atoms with Crippen LogP contribution in [0.3, 0.4) is 0 Å². The Kier molecular flexibility index (Phi) is 8.21. The third kappa shape index (κ3) is 5.89. The van der Waals surface area contributed by atoms with Crippen molar-refractivity contribution in [2.24, 2.45) is 4.99 Å². The van der Waals surface area contributed by atoms with Crippen LogP contribution in [-0.2, 0) is 9.47 Å². The first kappa shape index (κ1) is 22.6. The van der Waals surface area contributed by atoms with Crippen LogP contribution in [0.2, 0.25) is 0 Å². The van der Waals surface area contributed by atoms with Crippen molar-refractivity contribution in [3.05, 3.63) is 15.6 Å². The quantitative estimate of drug-likeness (QED) is 0.403. The van der Waals surface area contributed by atoms with Crippen molar-refractivity contribution in [3.63, 3.8) is 0 Å². The maximum Gasteiger partial charge on any atom is 0.350 e. The second-order valence-electron chi connectivity index (χ2n) is 7.39. The van der Waals surface area contributed by atoms with Gasteiger partial charge in [-0.15, -0.1) is 11.3 Å². The van der Waals surface area contributed by atoms with Gasteiger partial charge in [-0.3, -0.25) is 9.89 Å². The molecule has 1 aliphatic heterocycles. The Morgan fingerprint density at radius 3 is 2.71 bits per heavy atom. The molecule has 1 aliphatic rings. The lowest BCUT2D eigenvalue weighted by Gasteiger charge is -2.41. The topological polar surface area (TPSA) is 88.1 Å². The van der Waals surface area contributed by atoms with Gasteiger partial charge in [-0.25, -0.2) is 9.78 Å². The van der Waals surface area contributed by atoms with E-state index in [-0.39, 0.29) is 17.6 Å². The van der Waals surface area contributed by atoms with Gasteiger partial charge in [0.15, 0.2) is 5.96 Å². The first-order valence-electron chi connectivity index (χ1n) is 9.73. The summed E-state index contributed by atoms with van der Waals surface area (Å²) in [5.74, 6) is 0.394. The standard InChI is InChI=1S/C19H33N5O3S/c1-7-27-17(25)15-13(2)22-16(28-15)14(3)23-18(20-6)21-12-19(4,5)24-8-10-26-11-9-24/h14H,7-12H2,1-6H3,(H2,20,21,23). The van der Waals surface area contributed by atoms with Crippen LogP contribution in [0, 0.1) is 6.92 Å². The van der Waals surface area contributed by atoms with E-state index in [2.05, 4.69) is 39.4 Å². The molecule has 2 N–H and O–H groups in total. The first-order valence-corrected chi connectivity index (χ1v) is 10.5. The van der Waals surface area contributed by atoms with Gasteiger partial charge in [0.2, 0.25) is 0 Å². The molecule has 0 aromatic carbocycles. The lowest BCUT2D eigenvalue weighted by atomic mass is 10.0. The summed E-state index contributed by atoms with van der Waals surface area (Å²) in [7, 11) is 1.75. The number of aromatic nitrogens is 1. The third-order valence-electron chi connectivity index (χ3n) is 4.78. The number of hydrogen-bond donors (Lipinski definition) is 2. The number of hydrogen-bond acceptors (Lipinski definition) is 7. The lowest BCUT2D eigenvalue weighted by molar-refractivity contribution is -0.00834. The smallest absolute Gasteiger partial charge is 0.350 e. The van der Waals surface area contributed by atoms with E-state index in [9.17, 15) is 4.79 Å². The van der Waals surface area contributed by atoms with Crippen molar-refractivity contribution in [2.45, 2.75) is 46.2 Å². The monoisotopic (exact) mass is 411 g/mol. The number of carbonyl (C=O) groups is 1. The van der Waals surface area contributed by atoms with Crippen molar-refractivity contribution in [2.75, 3.05) is 46.5 Å². The zero-order valence-corrected chi connectivity index (χ0v) is 18.6. The van der Waals surface area contributed by atoms with E-state index in [1.54, 1.807) is 14.0 Å². The summed E-state index contributed by atoms with van der Waals surface area (Å²) in [6.45, 7) is 14.6. The van der Waals surface area contributed by atoms with Gasteiger partial charge < -0.3 is 20.1 Å². The fourth-order valence-electron chi connectivity index (χ4n) is 3.03. The Morgan fingerprint density at radius 1 is 1.43 bits per heavy atom. The number of aliphatic imine (C=N–C) groups is 1. The highest BCUT2D eigenvalue weighted by molar-refractivity contribution is 7.13. The average Bonchev–Trinajstić information content (AvgIpc) is 3.08. The molecule has 1 aromatic rings. The van der Waals surface area contributed by atoms with E-state index in [1.807, 2.05) is 13.8 Å². The minimum absolute atomic E-state index is 0.0144. The number of thiazole rings is 1. The van der Waals surface area contributed by atoms with Crippen LogP contribution in [0.4, 0.5) is 0 Å². The number of guanidine groups is 1. The van der Waals surface area contributed by atoms with Gasteiger partial charge >= 0.3 is 5.97 Å². The normalized spacial score (nSPS) is 17.3. The summed E-state index contributed by atoms with van der Waals surface area (Å²) in [5, 5.41) is 7.60. The second-order valence-corrected chi connectivity index (χ2v) is 8.42. The summed E-state index contributed by atoms with van der Waals surface area (Å²) in [6, 6.07) is -0.0791. The molecule has 1 atom stereocenters. The van der Waals surface area contributed by atoms with Crippen LogP contribution in [-0.4, -0.2) is 73.9 Å². The average molecular weight is 412 g/mol. The molecule has 2 heterocycles. The number of carbonyl (C=O) groups excluding carboxylic acids is 1. The Balaban J connectivity index is 1.95. The molecule has 0 bridgehead atoms. The summed E-state index contributed by atoms with van der Waals surface area (Å²) < 4.78 is 10.5. The molecule has 1 saturated heterocycles. The first-order chi connectivity index (χ1) is 13.3. The van der Waals surface area contributed by atoms with Gasteiger partial charge in [-0.2, -0.15) is 0 Å². The number of morpholine rings is 1. The van der Waals surface area contributed by atoms with Gasteiger partial charge in [0, 0.05) is 32.2 Å². The van der Waals surface area contributed by atoms with Crippen molar-refractivity contribution in [1.29, 1.82) is 0 Å². The zero-order chi connectivity index (χ0) is 20.7. The molecule has 1 fully saturated rings. The summed E-state index contributed by atoms with van der Waals surface area (Å²) >= 11 is 1.36. The molecule has 28 heavy (non-hydrogen) atoms. The summed E-state index contributed by atoms with van der Waals surface area (Å²) in [5.41, 5.74) is 0.683. The molecule has 0 radical (unpaired) electrons. The molecule has 0 spiro atoms. The highest BCUT2D eigenvalue weighted by Crippen LogP contribution is 2.24. The van der Waals surface area contributed by atoms with Crippen LogP contribution in [0.5, 0.6) is 0 Å². The minimum atomic E-state index is -0.314. The predicted octanol–water partition coefficient (Wildman–Crippen LogP) is 1.97. The zero-order valence-electron chi connectivity index (χ0n) is 17.8. The highest BCUT2D eigenvalue weighted by Gasteiger charge is 2.28. The molecule has 8 nitrogen and oxygen atoms in total. The number of rotatable bonds is 7. The molecular weight excluding hydrogens is 378 g/mol. The van der Waals surface area contributed by atoms with Crippen LogP contribution in [0.15, 0.2) is 4.99 Å². The van der Waals surface area contributed by atoms with Crippen molar-refractivity contribution in [3.8, 4) is 0 Å². The Bertz CT molecular complexity index is 683. The molecule has 0 amide bonds. The van der Waals surface area contributed by atoms with E-state index in [4.69, 9.17) is 9.47 Å². The van der Waals surface area contributed by atoms with E-state index < -0.39 is 0 Å². The Morgan fingerprint density at radius 2 is 2.11 bits per heavy atom. The van der Waals surface area contributed by atoms with Crippen LogP contribution >= 0.6 is 11.3 Å². The van der Waals surface area contributed by atoms with Crippen molar-refractivity contribution in [1.82, 2.24) is 20.5 Å². The van der Waals surface area contributed by atoms with E-state index in [0.717, 1.165) is 37.9 Å². The Hall–Kier alpha value is -1.71. The molecule has 0 aliphatic carbocycles. The largest absolute Gasteiger partial charge is 0.462 e. The van der Waals surface area contributed by atoms with Crippen LogP contribution in [0.25, 0.3) is 0 Å². The van der Waals surface area contributed by atoms with Crippen LogP contribution < -0.4 is 10.6 Å². The fraction of sp³-hybridized carbons (Fsp3) is 0.737. The lowest BCUT2D eigenvalue weighted by Crippen LogP contribution is -2.56. The highest BCUT2D eigenvalue weighted by atomic mass is 32.1. The molecule has 2 rings (SSSR count). The minimum Gasteiger partial charge on any atom is -0.462 e. The van der Waals surface area contributed by atoms with Crippen LogP contribution in [0.1, 0.15) is 54.1 Å². The number of esters is 1. The number of nitrogens with one attached hydrogen (secondary N) is 2. The molecule has 9 heteroatoms.